The maximum absolute atomic E-state index is 13.0. The Kier molecular flexibility index (Phi) is 3.77. The van der Waals surface area contributed by atoms with Gasteiger partial charge in [-0.15, -0.1) is 3.89 Å². The molecule has 21 heavy (non-hydrogen) atoms. The Hall–Kier alpha value is -2.29. The van der Waals surface area contributed by atoms with E-state index in [1.165, 1.54) is 23.7 Å². The molecular formula is C12H12FN3O4S. The van der Waals surface area contributed by atoms with Gasteiger partial charge in [0.1, 0.15) is 11.4 Å². The quantitative estimate of drug-likeness (QED) is 0.489. The number of aromatic nitrogens is 2. The summed E-state index contributed by atoms with van der Waals surface area (Å²) in [6.07, 6.45) is 0. The highest BCUT2D eigenvalue weighted by Crippen LogP contribution is 2.23. The summed E-state index contributed by atoms with van der Waals surface area (Å²) >= 11 is 0. The van der Waals surface area contributed by atoms with E-state index in [0.29, 0.717) is 11.3 Å². The van der Waals surface area contributed by atoms with Gasteiger partial charge < -0.3 is 0 Å². The van der Waals surface area contributed by atoms with Crippen LogP contribution in [-0.4, -0.2) is 23.1 Å². The highest BCUT2D eigenvalue weighted by atomic mass is 32.3. The number of nitrogens with zero attached hydrogens (tertiary/aromatic N) is 3. The molecule has 0 bridgehead atoms. The van der Waals surface area contributed by atoms with E-state index in [1.807, 2.05) is 0 Å². The minimum atomic E-state index is -4.78. The molecule has 9 heteroatoms. The van der Waals surface area contributed by atoms with Crippen molar-refractivity contribution in [3.05, 3.63) is 51.3 Å². The molecule has 0 radical (unpaired) electrons. The Balaban J connectivity index is 2.40. The first kappa shape index (κ1) is 15.1. The van der Waals surface area contributed by atoms with E-state index < -0.39 is 20.0 Å². The molecule has 0 aliphatic carbocycles. The Morgan fingerprint density at radius 2 is 2.05 bits per heavy atom. The van der Waals surface area contributed by atoms with Gasteiger partial charge in [0.15, 0.2) is 0 Å². The molecule has 2 rings (SSSR count). The zero-order valence-corrected chi connectivity index (χ0v) is 12.1. The standard InChI is InChI=1S/C12H12FN3O4S/c1-8-12(16(17)18)9(2)15(14-8)7-10-4-3-5-11(6-10)21(13,19)20/h3-6H,7H2,1-2H3. The van der Waals surface area contributed by atoms with Gasteiger partial charge in [-0.05, 0) is 31.5 Å². The van der Waals surface area contributed by atoms with Crippen molar-refractivity contribution in [1.29, 1.82) is 0 Å². The van der Waals surface area contributed by atoms with E-state index in [4.69, 9.17) is 0 Å². The maximum atomic E-state index is 13.0. The molecular weight excluding hydrogens is 301 g/mol. The topological polar surface area (TPSA) is 95.1 Å². The van der Waals surface area contributed by atoms with Crippen LogP contribution in [0.3, 0.4) is 0 Å². The Morgan fingerprint density at radius 3 is 2.57 bits per heavy atom. The Labute approximate surface area is 120 Å². The monoisotopic (exact) mass is 313 g/mol. The molecule has 0 aliphatic heterocycles. The average Bonchev–Trinajstić information content (AvgIpc) is 2.63. The second kappa shape index (κ2) is 5.24. The first-order valence-corrected chi connectivity index (χ1v) is 7.30. The third-order valence-electron chi connectivity index (χ3n) is 3.04. The number of hydrogen-bond acceptors (Lipinski definition) is 5. The Morgan fingerprint density at radius 1 is 1.38 bits per heavy atom. The average molecular weight is 313 g/mol. The van der Waals surface area contributed by atoms with Crippen molar-refractivity contribution in [2.24, 2.45) is 0 Å². The summed E-state index contributed by atoms with van der Waals surface area (Å²) in [5.74, 6) is 0. The fourth-order valence-corrected chi connectivity index (χ4v) is 2.61. The number of benzene rings is 1. The summed E-state index contributed by atoms with van der Waals surface area (Å²) in [6, 6.07) is 5.32. The summed E-state index contributed by atoms with van der Waals surface area (Å²) in [6.45, 7) is 3.18. The largest absolute Gasteiger partial charge is 0.332 e. The van der Waals surface area contributed by atoms with Crippen molar-refractivity contribution in [2.45, 2.75) is 25.3 Å². The molecule has 7 nitrogen and oxygen atoms in total. The molecule has 0 amide bonds. The smallest absolute Gasteiger partial charge is 0.258 e. The maximum Gasteiger partial charge on any atom is 0.332 e. The van der Waals surface area contributed by atoms with E-state index >= 15 is 0 Å². The molecule has 0 saturated heterocycles. The molecule has 0 atom stereocenters. The van der Waals surface area contributed by atoms with Crippen molar-refractivity contribution >= 4 is 15.9 Å². The predicted molar refractivity (Wildman–Crippen MR) is 72.2 cm³/mol. The second-order valence-electron chi connectivity index (χ2n) is 4.52. The number of halogens is 1. The van der Waals surface area contributed by atoms with Gasteiger partial charge in [-0.2, -0.15) is 13.5 Å². The SMILES string of the molecule is Cc1nn(Cc2cccc(S(=O)(=O)F)c2)c(C)c1[N+](=O)[O-]. The first-order chi connectivity index (χ1) is 9.70. The highest BCUT2D eigenvalue weighted by Gasteiger charge is 2.22. The van der Waals surface area contributed by atoms with Crippen LogP contribution >= 0.6 is 0 Å². The molecule has 1 aromatic heterocycles. The van der Waals surface area contributed by atoms with Gasteiger partial charge in [0.2, 0.25) is 0 Å². The Bertz CT molecular complexity index is 814. The molecule has 0 N–H and O–H groups in total. The van der Waals surface area contributed by atoms with Crippen LogP contribution in [0.25, 0.3) is 0 Å². The van der Waals surface area contributed by atoms with E-state index in [2.05, 4.69) is 5.10 Å². The summed E-state index contributed by atoms with van der Waals surface area (Å²) in [4.78, 5) is 9.95. The van der Waals surface area contributed by atoms with Crippen LogP contribution in [0, 0.1) is 24.0 Å². The zero-order valence-electron chi connectivity index (χ0n) is 11.3. The lowest BCUT2D eigenvalue weighted by Gasteiger charge is -2.05. The number of aryl methyl sites for hydroxylation is 1. The molecule has 0 spiro atoms. The lowest BCUT2D eigenvalue weighted by Crippen LogP contribution is -2.05. The summed E-state index contributed by atoms with van der Waals surface area (Å²) in [5, 5.41) is 15.0. The van der Waals surface area contributed by atoms with E-state index in [0.717, 1.165) is 6.07 Å². The first-order valence-electron chi connectivity index (χ1n) is 5.92. The van der Waals surface area contributed by atoms with Gasteiger partial charge in [0.05, 0.1) is 16.4 Å². The number of nitro groups is 1. The zero-order chi connectivity index (χ0) is 15.8. The fourth-order valence-electron chi connectivity index (χ4n) is 2.07. The summed E-state index contributed by atoms with van der Waals surface area (Å²) in [7, 11) is -4.78. The second-order valence-corrected chi connectivity index (χ2v) is 5.87. The number of hydrogen-bond donors (Lipinski definition) is 0. The van der Waals surface area contributed by atoms with Gasteiger partial charge in [0, 0.05) is 0 Å². The van der Waals surface area contributed by atoms with Crippen molar-refractivity contribution in [3.63, 3.8) is 0 Å². The van der Waals surface area contributed by atoms with Gasteiger partial charge in [-0.25, -0.2) is 0 Å². The van der Waals surface area contributed by atoms with Crippen LogP contribution in [0.5, 0.6) is 0 Å². The molecule has 0 unspecified atom stereocenters. The van der Waals surface area contributed by atoms with Crippen LogP contribution < -0.4 is 0 Å². The third-order valence-corrected chi connectivity index (χ3v) is 3.86. The predicted octanol–water partition coefficient (Wildman–Crippen LogP) is 2.11. The molecule has 0 saturated carbocycles. The van der Waals surface area contributed by atoms with Crippen LogP contribution in [0.4, 0.5) is 9.57 Å². The summed E-state index contributed by atoms with van der Waals surface area (Å²) < 4.78 is 36.1. The van der Waals surface area contributed by atoms with E-state index in [9.17, 15) is 22.4 Å². The van der Waals surface area contributed by atoms with E-state index in [-0.39, 0.29) is 17.9 Å². The van der Waals surface area contributed by atoms with Crippen LogP contribution in [0.15, 0.2) is 29.2 Å². The van der Waals surface area contributed by atoms with Crippen LogP contribution in [0.2, 0.25) is 0 Å². The van der Waals surface area contributed by atoms with Crippen molar-refractivity contribution in [1.82, 2.24) is 9.78 Å². The molecule has 0 aliphatic rings. The number of rotatable bonds is 4. The molecule has 2 aromatic rings. The molecule has 1 aromatic carbocycles. The minimum absolute atomic E-state index is 0.0794. The van der Waals surface area contributed by atoms with Gasteiger partial charge >= 0.3 is 15.9 Å². The van der Waals surface area contributed by atoms with Crippen molar-refractivity contribution < 1.29 is 17.2 Å². The molecule has 0 fully saturated rings. The fraction of sp³-hybridized carbons (Fsp3) is 0.250. The van der Waals surface area contributed by atoms with Gasteiger partial charge in [-0.3, -0.25) is 14.8 Å². The molecule has 112 valence electrons. The van der Waals surface area contributed by atoms with Crippen LogP contribution in [0.1, 0.15) is 17.0 Å². The van der Waals surface area contributed by atoms with Gasteiger partial charge in [-0.1, -0.05) is 12.1 Å². The van der Waals surface area contributed by atoms with Crippen LogP contribution in [-0.2, 0) is 16.8 Å². The lowest BCUT2D eigenvalue weighted by molar-refractivity contribution is -0.386. The van der Waals surface area contributed by atoms with Gasteiger partial charge in [0.25, 0.3) is 0 Å². The molecule has 1 heterocycles. The highest BCUT2D eigenvalue weighted by molar-refractivity contribution is 7.86. The lowest BCUT2D eigenvalue weighted by atomic mass is 10.2. The normalized spacial score (nSPS) is 11.6. The minimum Gasteiger partial charge on any atom is -0.258 e. The van der Waals surface area contributed by atoms with Crippen molar-refractivity contribution in [3.8, 4) is 0 Å². The van der Waals surface area contributed by atoms with E-state index in [1.54, 1.807) is 13.0 Å². The van der Waals surface area contributed by atoms with Crippen molar-refractivity contribution in [2.75, 3.05) is 0 Å². The summed E-state index contributed by atoms with van der Waals surface area (Å²) in [5.41, 5.74) is 1.02. The third kappa shape index (κ3) is 3.07.